The molecular weight excluding hydrogens is 348 g/mol. The van der Waals surface area contributed by atoms with Gasteiger partial charge in [0.15, 0.2) is 11.6 Å². The van der Waals surface area contributed by atoms with Crippen LogP contribution in [0.15, 0.2) is 20.0 Å². The van der Waals surface area contributed by atoms with Gasteiger partial charge in [0, 0.05) is 6.07 Å². The van der Waals surface area contributed by atoms with Crippen molar-refractivity contribution in [3.8, 4) is 0 Å². The topological polar surface area (TPSA) is 127 Å². The quantitative estimate of drug-likeness (QED) is 0.762. The summed E-state index contributed by atoms with van der Waals surface area (Å²) in [7, 11) is -3.98. The summed E-state index contributed by atoms with van der Waals surface area (Å²) in [5, 5.41) is 9.91. The Labute approximate surface area is 146 Å². The van der Waals surface area contributed by atoms with Crippen LogP contribution in [0.4, 0.5) is 5.82 Å². The first-order chi connectivity index (χ1) is 11.7. The lowest BCUT2D eigenvalue weighted by molar-refractivity contribution is -0.118. The maximum atomic E-state index is 12.7. The fourth-order valence-corrected chi connectivity index (χ4v) is 4.01. The lowest BCUT2D eigenvalue weighted by Gasteiger charge is -2.22. The van der Waals surface area contributed by atoms with Crippen molar-refractivity contribution in [2.75, 3.05) is 5.32 Å². The van der Waals surface area contributed by atoms with Crippen LogP contribution in [0.25, 0.3) is 0 Å². The third-order valence-electron chi connectivity index (χ3n) is 3.89. The van der Waals surface area contributed by atoms with Gasteiger partial charge >= 0.3 is 0 Å². The minimum Gasteiger partial charge on any atom is -0.360 e. The first-order valence-corrected chi connectivity index (χ1v) is 9.33. The van der Waals surface area contributed by atoms with Gasteiger partial charge in [0.05, 0.1) is 0 Å². The number of aromatic nitrogens is 2. The highest BCUT2D eigenvalue weighted by atomic mass is 32.2. The molecule has 2 rings (SSSR count). The molecule has 1 unspecified atom stereocenters. The number of amides is 1. The summed E-state index contributed by atoms with van der Waals surface area (Å²) in [6, 6.07) is 0.565. The molecule has 0 bridgehead atoms. The van der Waals surface area contributed by atoms with Gasteiger partial charge in [-0.15, -0.1) is 0 Å². The van der Waals surface area contributed by atoms with Crippen molar-refractivity contribution in [1.82, 2.24) is 15.0 Å². The molecule has 25 heavy (non-hydrogen) atoms. The van der Waals surface area contributed by atoms with E-state index < -0.39 is 22.0 Å². The molecule has 0 saturated carbocycles. The maximum Gasteiger partial charge on any atom is 0.246 e. The Morgan fingerprint density at radius 3 is 2.40 bits per heavy atom. The van der Waals surface area contributed by atoms with Crippen molar-refractivity contribution < 1.29 is 22.3 Å². The second-order valence-corrected chi connectivity index (χ2v) is 7.60. The second kappa shape index (κ2) is 7.36. The Morgan fingerprint density at radius 2 is 1.92 bits per heavy atom. The van der Waals surface area contributed by atoms with Crippen molar-refractivity contribution in [2.24, 2.45) is 5.92 Å². The Hall–Kier alpha value is -2.20. The Morgan fingerprint density at radius 1 is 1.24 bits per heavy atom. The van der Waals surface area contributed by atoms with E-state index in [4.69, 9.17) is 9.05 Å². The van der Waals surface area contributed by atoms with Gasteiger partial charge in [0.25, 0.3) is 0 Å². The number of carbonyl (C=O) groups is 1. The molecular formula is C15H22N4O5S. The number of aryl methyl sites for hydroxylation is 3. The maximum absolute atomic E-state index is 12.7. The van der Waals surface area contributed by atoms with Gasteiger partial charge in [-0.3, -0.25) is 4.79 Å². The number of anilines is 1. The molecule has 0 fully saturated rings. The summed E-state index contributed by atoms with van der Waals surface area (Å²) in [6.07, 6.45) is 0.597. The van der Waals surface area contributed by atoms with Crippen molar-refractivity contribution in [1.29, 1.82) is 0 Å². The van der Waals surface area contributed by atoms with E-state index in [1.165, 1.54) is 13.8 Å². The molecule has 0 radical (unpaired) electrons. The number of hydrogen-bond donors (Lipinski definition) is 2. The van der Waals surface area contributed by atoms with Crippen LogP contribution in [0.3, 0.4) is 0 Å². The number of hydrogen-bond acceptors (Lipinski definition) is 7. The highest BCUT2D eigenvalue weighted by Crippen LogP contribution is 2.21. The molecule has 0 aromatic carbocycles. The molecule has 2 N–H and O–H groups in total. The minimum absolute atomic E-state index is 0.0501. The lowest BCUT2D eigenvalue weighted by atomic mass is 9.99. The van der Waals surface area contributed by atoms with E-state index in [1.54, 1.807) is 19.9 Å². The second-order valence-electron chi connectivity index (χ2n) is 5.95. The number of nitrogens with zero attached hydrogens (tertiary/aromatic N) is 2. The molecule has 0 spiro atoms. The van der Waals surface area contributed by atoms with Gasteiger partial charge in [-0.05, 0) is 26.7 Å². The number of nitrogens with one attached hydrogen (secondary N) is 2. The molecule has 2 aromatic heterocycles. The van der Waals surface area contributed by atoms with Crippen LogP contribution >= 0.6 is 0 Å². The first-order valence-electron chi connectivity index (χ1n) is 7.85. The summed E-state index contributed by atoms with van der Waals surface area (Å²) in [5.41, 5.74) is 0.237. The van der Waals surface area contributed by atoms with Gasteiger partial charge in [0.1, 0.15) is 22.4 Å². The molecule has 10 heteroatoms. The summed E-state index contributed by atoms with van der Waals surface area (Å²) >= 11 is 0. The molecule has 0 aliphatic rings. The van der Waals surface area contributed by atoms with E-state index in [2.05, 4.69) is 20.4 Å². The predicted molar refractivity (Wildman–Crippen MR) is 89.4 cm³/mol. The SMILES string of the molecule is CCC(C)[C@@H](NS(=O)(=O)c1c(C)noc1C)C(=O)Nc1cc(C)on1. The van der Waals surface area contributed by atoms with E-state index >= 15 is 0 Å². The van der Waals surface area contributed by atoms with Gasteiger partial charge in [0.2, 0.25) is 15.9 Å². The molecule has 0 saturated heterocycles. The fourth-order valence-electron chi connectivity index (χ4n) is 2.38. The van der Waals surface area contributed by atoms with Crippen molar-refractivity contribution in [3.63, 3.8) is 0 Å². The van der Waals surface area contributed by atoms with Crippen molar-refractivity contribution >= 4 is 21.7 Å². The third-order valence-corrected chi connectivity index (χ3v) is 5.58. The van der Waals surface area contributed by atoms with Crippen LogP contribution < -0.4 is 10.0 Å². The van der Waals surface area contributed by atoms with Crippen LogP contribution in [0, 0.1) is 26.7 Å². The Balaban J connectivity index is 2.27. The smallest absolute Gasteiger partial charge is 0.246 e. The summed E-state index contributed by atoms with van der Waals surface area (Å²) in [5.74, 6) is 0.167. The zero-order valence-electron chi connectivity index (χ0n) is 14.8. The van der Waals surface area contributed by atoms with Crippen LogP contribution in [0.2, 0.25) is 0 Å². The van der Waals surface area contributed by atoms with Gasteiger partial charge in [-0.25, -0.2) is 8.42 Å². The standard InChI is InChI=1S/C15H22N4O5S/c1-6-8(2)13(15(20)16-12-7-9(3)23-18-12)19-25(21,22)14-10(4)17-24-11(14)5/h7-8,13,19H,6H2,1-5H3,(H,16,18,20)/t8?,13-/m1/s1. The average Bonchev–Trinajstić information content (AvgIpc) is 3.09. The van der Waals surface area contributed by atoms with E-state index in [9.17, 15) is 13.2 Å². The molecule has 138 valence electrons. The monoisotopic (exact) mass is 370 g/mol. The van der Waals surface area contributed by atoms with Crippen LogP contribution in [0.1, 0.15) is 37.5 Å². The highest BCUT2D eigenvalue weighted by molar-refractivity contribution is 7.89. The third kappa shape index (κ3) is 4.26. The fraction of sp³-hybridized carbons (Fsp3) is 0.533. The molecule has 2 atom stereocenters. The lowest BCUT2D eigenvalue weighted by Crippen LogP contribution is -2.47. The predicted octanol–water partition coefficient (Wildman–Crippen LogP) is 1.92. The van der Waals surface area contributed by atoms with Crippen LogP contribution in [-0.2, 0) is 14.8 Å². The van der Waals surface area contributed by atoms with Gasteiger partial charge in [-0.1, -0.05) is 30.6 Å². The molecule has 1 amide bonds. The average molecular weight is 370 g/mol. The molecule has 0 aliphatic heterocycles. The van der Waals surface area contributed by atoms with Crippen molar-refractivity contribution in [2.45, 2.75) is 52.0 Å². The van der Waals surface area contributed by atoms with Gasteiger partial charge in [-0.2, -0.15) is 4.72 Å². The van der Waals surface area contributed by atoms with E-state index in [0.717, 1.165) is 0 Å². The normalized spacial score (nSPS) is 14.3. The van der Waals surface area contributed by atoms with Crippen LogP contribution in [-0.4, -0.2) is 30.7 Å². The molecule has 2 aromatic rings. The molecule has 9 nitrogen and oxygen atoms in total. The molecule has 0 aliphatic carbocycles. The summed E-state index contributed by atoms with van der Waals surface area (Å²) in [4.78, 5) is 12.5. The number of sulfonamides is 1. The van der Waals surface area contributed by atoms with Gasteiger partial charge < -0.3 is 14.4 Å². The minimum atomic E-state index is -3.98. The first kappa shape index (κ1) is 19.1. The van der Waals surface area contributed by atoms with Crippen LogP contribution in [0.5, 0.6) is 0 Å². The summed E-state index contributed by atoms with van der Waals surface area (Å²) < 4.78 is 37.7. The van der Waals surface area contributed by atoms with E-state index in [1.807, 2.05) is 6.92 Å². The van der Waals surface area contributed by atoms with E-state index in [0.29, 0.717) is 12.2 Å². The highest BCUT2D eigenvalue weighted by Gasteiger charge is 2.33. The van der Waals surface area contributed by atoms with Crippen molar-refractivity contribution in [3.05, 3.63) is 23.3 Å². The molecule has 2 heterocycles. The Bertz CT molecular complexity index is 836. The Kier molecular flexibility index (Phi) is 5.63. The zero-order chi connectivity index (χ0) is 18.8. The number of carbonyl (C=O) groups excluding carboxylic acids is 1. The summed E-state index contributed by atoms with van der Waals surface area (Å²) in [6.45, 7) is 8.38. The largest absolute Gasteiger partial charge is 0.360 e. The number of rotatable bonds is 7. The van der Waals surface area contributed by atoms with E-state index in [-0.39, 0.29) is 28.1 Å². The zero-order valence-corrected chi connectivity index (χ0v) is 15.6.